The van der Waals surface area contributed by atoms with E-state index < -0.39 is 0 Å². The second-order valence-electron chi connectivity index (χ2n) is 5.78. The van der Waals surface area contributed by atoms with Crippen molar-refractivity contribution in [3.8, 4) is 17.1 Å². The highest BCUT2D eigenvalue weighted by molar-refractivity contribution is 5.75. The van der Waals surface area contributed by atoms with E-state index in [9.17, 15) is 14.3 Å². The Kier molecular flexibility index (Phi) is 5.58. The first-order valence-electron chi connectivity index (χ1n) is 8.24. The number of hydrogen-bond acceptors (Lipinski definition) is 5. The highest BCUT2D eigenvalue weighted by Crippen LogP contribution is 2.17. The van der Waals surface area contributed by atoms with Gasteiger partial charge in [0.05, 0.1) is 0 Å². The lowest BCUT2D eigenvalue weighted by Crippen LogP contribution is -2.22. The first kappa shape index (κ1) is 17.6. The number of phenols is 1. The molecule has 0 aliphatic carbocycles. The van der Waals surface area contributed by atoms with Gasteiger partial charge in [-0.3, -0.25) is 4.79 Å². The summed E-state index contributed by atoms with van der Waals surface area (Å²) in [6.45, 7) is 0.279. The molecule has 0 bridgehead atoms. The predicted octanol–water partition coefficient (Wildman–Crippen LogP) is 3.22. The summed E-state index contributed by atoms with van der Waals surface area (Å²) in [4.78, 5) is 16.1. The van der Waals surface area contributed by atoms with Crippen molar-refractivity contribution in [2.45, 2.75) is 25.8 Å². The molecule has 134 valence electrons. The lowest BCUT2D eigenvalue weighted by atomic mass is 10.2. The Morgan fingerprint density at radius 2 is 1.92 bits per heavy atom. The van der Waals surface area contributed by atoms with Gasteiger partial charge in [0.15, 0.2) is 0 Å². The molecule has 3 rings (SSSR count). The fourth-order valence-corrected chi connectivity index (χ4v) is 2.42. The fraction of sp³-hybridized carbons (Fsp3) is 0.211. The molecule has 26 heavy (non-hydrogen) atoms. The van der Waals surface area contributed by atoms with Gasteiger partial charge in [0.2, 0.25) is 17.6 Å². The molecular weight excluding hydrogens is 337 g/mol. The summed E-state index contributed by atoms with van der Waals surface area (Å²) in [5.74, 6) is 0.535. The van der Waals surface area contributed by atoms with Crippen molar-refractivity contribution in [3.63, 3.8) is 0 Å². The zero-order chi connectivity index (χ0) is 18.4. The second-order valence-corrected chi connectivity index (χ2v) is 5.78. The molecule has 0 spiro atoms. The van der Waals surface area contributed by atoms with Crippen molar-refractivity contribution < 1.29 is 18.8 Å². The molecule has 0 aliphatic rings. The number of para-hydroxylation sites is 1. The van der Waals surface area contributed by atoms with Crippen LogP contribution in [0.2, 0.25) is 0 Å². The Morgan fingerprint density at radius 1 is 1.15 bits per heavy atom. The Bertz CT molecular complexity index is 878. The molecule has 0 radical (unpaired) electrons. The van der Waals surface area contributed by atoms with Crippen LogP contribution in [0.4, 0.5) is 4.39 Å². The van der Waals surface area contributed by atoms with Crippen LogP contribution in [0.15, 0.2) is 53.1 Å². The number of aromatic hydroxyl groups is 1. The Morgan fingerprint density at radius 3 is 2.69 bits per heavy atom. The average molecular weight is 355 g/mol. The van der Waals surface area contributed by atoms with Crippen LogP contribution in [0.5, 0.6) is 5.75 Å². The van der Waals surface area contributed by atoms with Crippen molar-refractivity contribution in [3.05, 3.63) is 65.8 Å². The van der Waals surface area contributed by atoms with E-state index in [1.54, 1.807) is 36.4 Å². The topological polar surface area (TPSA) is 88.2 Å². The third-order valence-electron chi connectivity index (χ3n) is 3.83. The van der Waals surface area contributed by atoms with E-state index >= 15 is 0 Å². The van der Waals surface area contributed by atoms with E-state index in [0.717, 1.165) is 0 Å². The third kappa shape index (κ3) is 4.66. The number of phenolic OH excluding ortho intramolecular Hbond substituents is 1. The fourth-order valence-electron chi connectivity index (χ4n) is 2.42. The Labute approximate surface area is 149 Å². The molecule has 7 heteroatoms. The minimum Gasteiger partial charge on any atom is -0.508 e. The van der Waals surface area contributed by atoms with Gasteiger partial charge in [0.25, 0.3) is 0 Å². The first-order valence-corrected chi connectivity index (χ1v) is 8.24. The number of aryl methyl sites for hydroxylation is 1. The first-order chi connectivity index (χ1) is 12.6. The van der Waals surface area contributed by atoms with E-state index in [2.05, 4.69) is 15.5 Å². The average Bonchev–Trinajstić information content (AvgIpc) is 3.10. The van der Waals surface area contributed by atoms with Crippen LogP contribution in [0.25, 0.3) is 11.4 Å². The SMILES string of the molecule is O=C(CCCc1nc(-c2ccc(F)cc2)no1)NCc1ccccc1O. The van der Waals surface area contributed by atoms with E-state index in [1.807, 2.05) is 0 Å². The molecule has 0 unspecified atom stereocenters. The van der Waals surface area contributed by atoms with Gasteiger partial charge in [-0.25, -0.2) is 4.39 Å². The monoisotopic (exact) mass is 355 g/mol. The molecule has 0 aliphatic heterocycles. The van der Waals surface area contributed by atoms with Gasteiger partial charge in [0.1, 0.15) is 11.6 Å². The number of rotatable bonds is 7. The van der Waals surface area contributed by atoms with Crippen molar-refractivity contribution in [2.24, 2.45) is 0 Å². The van der Waals surface area contributed by atoms with Crippen LogP contribution in [-0.4, -0.2) is 21.2 Å². The lowest BCUT2D eigenvalue weighted by molar-refractivity contribution is -0.121. The largest absolute Gasteiger partial charge is 0.508 e. The van der Waals surface area contributed by atoms with Crippen molar-refractivity contribution in [1.82, 2.24) is 15.5 Å². The van der Waals surface area contributed by atoms with Gasteiger partial charge in [-0.05, 0) is 36.8 Å². The summed E-state index contributed by atoms with van der Waals surface area (Å²) in [7, 11) is 0. The number of benzene rings is 2. The number of carbonyl (C=O) groups is 1. The second kappa shape index (κ2) is 8.24. The molecule has 0 saturated carbocycles. The van der Waals surface area contributed by atoms with Crippen LogP contribution >= 0.6 is 0 Å². The molecule has 1 amide bonds. The van der Waals surface area contributed by atoms with Gasteiger partial charge in [-0.15, -0.1) is 0 Å². The standard InChI is InChI=1S/C19H18FN3O3/c20-15-10-8-13(9-11-15)19-22-18(26-23-19)7-3-6-17(25)21-12-14-4-1-2-5-16(14)24/h1-2,4-5,8-11,24H,3,6-7,12H2,(H,21,25). The maximum atomic E-state index is 12.9. The number of amides is 1. The smallest absolute Gasteiger partial charge is 0.226 e. The van der Waals surface area contributed by atoms with Gasteiger partial charge in [-0.2, -0.15) is 4.98 Å². The molecule has 6 nitrogen and oxygen atoms in total. The molecule has 2 N–H and O–H groups in total. The number of hydrogen-bond donors (Lipinski definition) is 2. The van der Waals surface area contributed by atoms with Crippen LogP contribution < -0.4 is 5.32 Å². The van der Waals surface area contributed by atoms with Crippen LogP contribution in [0.1, 0.15) is 24.3 Å². The Hall–Kier alpha value is -3.22. The normalized spacial score (nSPS) is 10.7. The molecular formula is C19H18FN3O3. The van der Waals surface area contributed by atoms with Crippen LogP contribution in [0.3, 0.4) is 0 Å². The zero-order valence-electron chi connectivity index (χ0n) is 14.0. The Balaban J connectivity index is 1.44. The summed E-state index contributed by atoms with van der Waals surface area (Å²) in [5, 5.41) is 16.3. The van der Waals surface area contributed by atoms with Crippen molar-refractivity contribution in [2.75, 3.05) is 0 Å². The van der Waals surface area contributed by atoms with E-state index in [0.29, 0.717) is 42.1 Å². The minimum atomic E-state index is -0.327. The van der Waals surface area contributed by atoms with E-state index in [-0.39, 0.29) is 24.0 Å². The number of nitrogens with one attached hydrogen (secondary N) is 1. The predicted molar refractivity (Wildman–Crippen MR) is 92.6 cm³/mol. The minimum absolute atomic E-state index is 0.119. The summed E-state index contributed by atoms with van der Waals surface area (Å²) < 4.78 is 18.1. The number of carbonyl (C=O) groups excluding carboxylic acids is 1. The van der Waals surface area contributed by atoms with Gasteiger partial charge >= 0.3 is 0 Å². The lowest BCUT2D eigenvalue weighted by Gasteiger charge is -2.06. The van der Waals surface area contributed by atoms with Gasteiger partial charge in [0, 0.05) is 30.5 Å². The summed E-state index contributed by atoms with van der Waals surface area (Å²) in [6, 6.07) is 12.7. The maximum Gasteiger partial charge on any atom is 0.226 e. The van der Waals surface area contributed by atoms with Crippen molar-refractivity contribution in [1.29, 1.82) is 0 Å². The summed E-state index contributed by atoms with van der Waals surface area (Å²) in [6.07, 6.45) is 1.33. The van der Waals surface area contributed by atoms with Gasteiger partial charge in [-0.1, -0.05) is 23.4 Å². The molecule has 0 atom stereocenters. The molecule has 0 saturated heterocycles. The number of halogens is 1. The van der Waals surface area contributed by atoms with Gasteiger partial charge < -0.3 is 14.9 Å². The van der Waals surface area contributed by atoms with Crippen LogP contribution in [0, 0.1) is 5.82 Å². The van der Waals surface area contributed by atoms with Crippen molar-refractivity contribution >= 4 is 5.91 Å². The molecule has 2 aromatic carbocycles. The molecule has 3 aromatic rings. The van der Waals surface area contributed by atoms with E-state index in [1.165, 1.54) is 12.1 Å². The third-order valence-corrected chi connectivity index (χ3v) is 3.83. The van der Waals surface area contributed by atoms with Crippen LogP contribution in [-0.2, 0) is 17.8 Å². The summed E-state index contributed by atoms with van der Waals surface area (Å²) in [5.41, 5.74) is 1.34. The highest BCUT2D eigenvalue weighted by atomic mass is 19.1. The van der Waals surface area contributed by atoms with E-state index in [4.69, 9.17) is 4.52 Å². The highest BCUT2D eigenvalue weighted by Gasteiger charge is 2.10. The maximum absolute atomic E-state index is 12.9. The quantitative estimate of drug-likeness (QED) is 0.679. The number of aromatic nitrogens is 2. The molecule has 0 fully saturated rings. The number of nitrogens with zero attached hydrogens (tertiary/aromatic N) is 2. The summed E-state index contributed by atoms with van der Waals surface area (Å²) >= 11 is 0. The zero-order valence-corrected chi connectivity index (χ0v) is 14.0. The molecule has 1 aromatic heterocycles. The molecule has 1 heterocycles.